The van der Waals surface area contributed by atoms with Crippen LogP contribution in [-0.2, 0) is 31.4 Å². The average molecular weight is 494 g/mol. The molecule has 178 valence electrons. The van der Waals surface area contributed by atoms with Gasteiger partial charge in [-0.05, 0) is 23.8 Å². The highest BCUT2D eigenvalue weighted by atomic mass is 32.2. The molecule has 2 aliphatic heterocycles. The first-order valence-corrected chi connectivity index (χ1v) is 13.7. The molecule has 0 bridgehead atoms. The number of piperazine rings is 1. The number of hydrogen-bond donors (Lipinski definition) is 0. The number of nitrogens with zero attached hydrogens (tertiary/aromatic N) is 3. The van der Waals surface area contributed by atoms with Gasteiger partial charge in [-0.3, -0.25) is 9.69 Å². The van der Waals surface area contributed by atoms with Gasteiger partial charge in [0.2, 0.25) is 26.0 Å². The summed E-state index contributed by atoms with van der Waals surface area (Å²) in [5, 5.41) is 0. The molecule has 9 nitrogen and oxygen atoms in total. The highest BCUT2D eigenvalue weighted by molar-refractivity contribution is 7.94. The van der Waals surface area contributed by atoms with E-state index in [1.165, 1.54) is 36.5 Å². The normalized spacial score (nSPS) is 21.9. The molecule has 2 aromatic carbocycles. The van der Waals surface area contributed by atoms with Gasteiger partial charge in [0.1, 0.15) is 10.6 Å². The van der Waals surface area contributed by atoms with Crippen molar-refractivity contribution in [2.45, 2.75) is 18.4 Å². The third-order valence-corrected chi connectivity index (χ3v) is 9.73. The van der Waals surface area contributed by atoms with Crippen molar-refractivity contribution < 1.29 is 26.4 Å². The van der Waals surface area contributed by atoms with Gasteiger partial charge in [-0.2, -0.15) is 4.31 Å². The Bertz CT molecular complexity index is 1240. The van der Waals surface area contributed by atoms with Crippen molar-refractivity contribution in [3.8, 4) is 5.75 Å². The lowest BCUT2D eigenvalue weighted by atomic mass is 10.2. The molecule has 0 saturated carbocycles. The Balaban J connectivity index is 1.58. The van der Waals surface area contributed by atoms with Crippen LogP contribution in [-0.4, -0.2) is 71.0 Å². The van der Waals surface area contributed by atoms with E-state index >= 15 is 0 Å². The summed E-state index contributed by atoms with van der Waals surface area (Å²) in [6.07, 6.45) is 0. The maximum atomic E-state index is 13.5. The Labute approximate surface area is 194 Å². The first-order valence-electron chi connectivity index (χ1n) is 10.6. The summed E-state index contributed by atoms with van der Waals surface area (Å²) in [5.41, 5.74) is 1.17. The number of carbonyl (C=O) groups excluding carboxylic acids is 1. The van der Waals surface area contributed by atoms with E-state index in [2.05, 4.69) is 4.90 Å². The molecule has 0 aromatic heterocycles. The van der Waals surface area contributed by atoms with Crippen LogP contribution >= 0.6 is 0 Å². The maximum absolute atomic E-state index is 13.5. The van der Waals surface area contributed by atoms with Gasteiger partial charge >= 0.3 is 0 Å². The molecule has 0 N–H and O–H groups in total. The van der Waals surface area contributed by atoms with Gasteiger partial charge in [-0.15, -0.1) is 0 Å². The van der Waals surface area contributed by atoms with Crippen LogP contribution < -0.4 is 9.04 Å². The summed E-state index contributed by atoms with van der Waals surface area (Å²) in [4.78, 5) is 14.5. The molecule has 0 radical (unpaired) electrons. The number of hydrogen-bond acceptors (Lipinski definition) is 7. The van der Waals surface area contributed by atoms with E-state index in [-0.39, 0.29) is 22.1 Å². The molecular formula is C22H27N3O6S2. The number of ether oxygens (including phenoxy) is 1. The first-order chi connectivity index (χ1) is 15.6. The van der Waals surface area contributed by atoms with Crippen LogP contribution in [0.4, 0.5) is 5.69 Å². The molecule has 2 aromatic rings. The maximum Gasteiger partial charge on any atom is 0.246 e. The Hall–Kier alpha value is -2.47. The predicted molar refractivity (Wildman–Crippen MR) is 124 cm³/mol. The van der Waals surface area contributed by atoms with Crippen LogP contribution in [0.1, 0.15) is 12.5 Å². The molecule has 11 heteroatoms. The summed E-state index contributed by atoms with van der Waals surface area (Å²) in [5.74, 6) is -1.46. The van der Waals surface area contributed by atoms with Crippen LogP contribution in [0.25, 0.3) is 0 Å². The molecule has 0 unspecified atom stereocenters. The SMILES string of the molecule is COc1ccc(N2C(=O)[C@H](C)CS2(=O)=O)cc1S(=O)(=O)N1CCN(Cc2ccccc2)CC1. The van der Waals surface area contributed by atoms with Gasteiger partial charge in [0.15, 0.2) is 0 Å². The van der Waals surface area contributed by atoms with Crippen LogP contribution in [0.5, 0.6) is 5.75 Å². The van der Waals surface area contributed by atoms with Gasteiger partial charge in [-0.25, -0.2) is 21.1 Å². The van der Waals surface area contributed by atoms with Crippen LogP contribution in [0.2, 0.25) is 0 Å². The van der Waals surface area contributed by atoms with E-state index in [9.17, 15) is 21.6 Å². The summed E-state index contributed by atoms with van der Waals surface area (Å²) in [6, 6.07) is 14.0. The van der Waals surface area contributed by atoms with Gasteiger partial charge in [0, 0.05) is 32.7 Å². The molecule has 2 saturated heterocycles. The van der Waals surface area contributed by atoms with Crippen molar-refractivity contribution in [3.63, 3.8) is 0 Å². The minimum Gasteiger partial charge on any atom is -0.495 e. The Morgan fingerprint density at radius 2 is 1.70 bits per heavy atom. The molecule has 4 rings (SSSR count). The molecule has 2 fully saturated rings. The van der Waals surface area contributed by atoms with Crippen LogP contribution in [0.3, 0.4) is 0 Å². The number of benzene rings is 2. The van der Waals surface area contributed by atoms with Crippen LogP contribution in [0, 0.1) is 5.92 Å². The quantitative estimate of drug-likeness (QED) is 0.601. The topological polar surface area (TPSA) is 104 Å². The van der Waals surface area contributed by atoms with Crippen molar-refractivity contribution in [1.82, 2.24) is 9.21 Å². The zero-order valence-corrected chi connectivity index (χ0v) is 20.2. The lowest BCUT2D eigenvalue weighted by Crippen LogP contribution is -2.48. The lowest BCUT2D eigenvalue weighted by Gasteiger charge is -2.34. The molecule has 2 heterocycles. The zero-order chi connectivity index (χ0) is 23.8. The summed E-state index contributed by atoms with van der Waals surface area (Å²) < 4.78 is 59.3. The minimum absolute atomic E-state index is 0.00596. The Kier molecular flexibility index (Phi) is 6.50. The number of sulfonamides is 2. The van der Waals surface area contributed by atoms with E-state index in [4.69, 9.17) is 4.74 Å². The molecule has 2 aliphatic rings. The van der Waals surface area contributed by atoms with Crippen molar-refractivity contribution >= 4 is 31.6 Å². The van der Waals surface area contributed by atoms with Gasteiger partial charge in [0.05, 0.1) is 24.5 Å². The largest absolute Gasteiger partial charge is 0.495 e. The number of amides is 1. The van der Waals surface area contributed by atoms with Gasteiger partial charge in [-0.1, -0.05) is 37.3 Å². The fourth-order valence-corrected chi connectivity index (χ4v) is 7.60. The van der Waals surface area contributed by atoms with Gasteiger partial charge in [0.25, 0.3) is 0 Å². The molecule has 33 heavy (non-hydrogen) atoms. The highest BCUT2D eigenvalue weighted by Crippen LogP contribution is 2.35. The van der Waals surface area contributed by atoms with Crippen molar-refractivity contribution in [1.29, 1.82) is 0 Å². The van der Waals surface area contributed by atoms with E-state index in [1.54, 1.807) is 0 Å². The summed E-state index contributed by atoms with van der Waals surface area (Å²) in [7, 11) is -6.47. The second-order valence-corrected chi connectivity index (χ2v) is 12.1. The zero-order valence-electron chi connectivity index (χ0n) is 18.5. The van der Waals surface area contributed by atoms with Crippen LogP contribution in [0.15, 0.2) is 53.4 Å². The minimum atomic E-state index is -3.97. The summed E-state index contributed by atoms with van der Waals surface area (Å²) >= 11 is 0. The average Bonchev–Trinajstić information content (AvgIpc) is 3.00. The van der Waals surface area contributed by atoms with Crippen molar-refractivity contribution in [2.75, 3.05) is 43.3 Å². The monoisotopic (exact) mass is 493 g/mol. The number of rotatable bonds is 6. The lowest BCUT2D eigenvalue weighted by molar-refractivity contribution is -0.119. The molecule has 0 spiro atoms. The molecule has 0 aliphatic carbocycles. The molecule has 1 atom stereocenters. The predicted octanol–water partition coefficient (Wildman–Crippen LogP) is 1.51. The number of anilines is 1. The third-order valence-electron chi connectivity index (χ3n) is 5.94. The second kappa shape index (κ2) is 9.05. The molecular weight excluding hydrogens is 466 g/mol. The van der Waals surface area contributed by atoms with Crippen molar-refractivity contribution in [2.24, 2.45) is 5.92 Å². The van der Waals surface area contributed by atoms with E-state index < -0.39 is 31.9 Å². The van der Waals surface area contributed by atoms with E-state index in [1.807, 2.05) is 30.3 Å². The van der Waals surface area contributed by atoms with E-state index in [0.717, 1.165) is 12.1 Å². The Morgan fingerprint density at radius 3 is 2.27 bits per heavy atom. The fraction of sp³-hybridized carbons (Fsp3) is 0.409. The van der Waals surface area contributed by atoms with Gasteiger partial charge < -0.3 is 4.74 Å². The van der Waals surface area contributed by atoms with Crippen molar-refractivity contribution in [3.05, 3.63) is 54.1 Å². The Morgan fingerprint density at radius 1 is 1.03 bits per heavy atom. The standard InChI is InChI=1S/C22H27N3O6S2/c1-17-16-32(27,28)25(22(17)26)19-8-9-20(31-2)21(14-19)33(29,30)24-12-10-23(11-13-24)15-18-6-4-3-5-7-18/h3-9,14,17H,10-13,15-16H2,1-2H3/t17-/m1/s1. The van der Waals surface area contributed by atoms with E-state index in [0.29, 0.717) is 30.5 Å². The summed E-state index contributed by atoms with van der Waals surface area (Å²) in [6.45, 7) is 3.98. The highest BCUT2D eigenvalue weighted by Gasteiger charge is 2.43. The second-order valence-electron chi connectivity index (χ2n) is 8.28. The number of methoxy groups -OCH3 is 1. The fourth-order valence-electron chi connectivity index (χ4n) is 4.19. The number of carbonyl (C=O) groups is 1. The smallest absolute Gasteiger partial charge is 0.246 e. The third kappa shape index (κ3) is 4.63. The molecule has 1 amide bonds. The first kappa shape index (κ1) is 23.7.